The third-order valence-electron chi connectivity index (χ3n) is 7.34. The summed E-state index contributed by atoms with van der Waals surface area (Å²) in [5, 5.41) is 13.0. The predicted molar refractivity (Wildman–Crippen MR) is 154 cm³/mol. The first kappa shape index (κ1) is 30.1. The first-order valence-corrected chi connectivity index (χ1v) is 13.3. The summed E-state index contributed by atoms with van der Waals surface area (Å²) in [5.74, 6) is 0.268. The number of rotatable bonds is 8. The topological polar surface area (TPSA) is 86.0 Å². The quantitative estimate of drug-likeness (QED) is 0.156. The van der Waals surface area contributed by atoms with E-state index in [9.17, 15) is 22.7 Å². The Kier molecular flexibility index (Phi) is 7.74. The molecule has 43 heavy (non-hydrogen) atoms. The zero-order valence-corrected chi connectivity index (χ0v) is 24.1. The number of aromatic nitrogens is 5. The molecule has 0 fully saturated rings. The molecule has 222 valence electrons. The number of aliphatic hydroxyl groups is 1. The van der Waals surface area contributed by atoms with Gasteiger partial charge in [-0.05, 0) is 48.4 Å². The van der Waals surface area contributed by atoms with Crippen molar-refractivity contribution >= 4 is 22.5 Å². The summed E-state index contributed by atoms with van der Waals surface area (Å²) in [6.45, 7) is 4.87. The Balaban J connectivity index is 1.64. The van der Waals surface area contributed by atoms with Crippen LogP contribution in [0.25, 0.3) is 10.9 Å². The average Bonchev–Trinajstić information content (AvgIpc) is 3.44. The molecule has 5 rings (SSSR count). The van der Waals surface area contributed by atoms with E-state index in [-0.39, 0.29) is 34.3 Å². The summed E-state index contributed by atoms with van der Waals surface area (Å²) in [7, 11) is 3.12. The smallest absolute Gasteiger partial charge is 0.433 e. The number of fused-ring (bicyclic) bond motifs is 1. The van der Waals surface area contributed by atoms with Crippen LogP contribution >= 0.6 is 11.6 Å². The van der Waals surface area contributed by atoms with Crippen molar-refractivity contribution in [1.82, 2.24) is 24.5 Å². The SMILES string of the molecule is C=CC(C)(F)c1ccc(Cc2c(OC)nc3ccc(C(O)(c4ccc(C(F)(F)F)nc4)c4cncn4C)cc3c2Cl)cn1. The molecule has 4 aromatic heterocycles. The van der Waals surface area contributed by atoms with E-state index >= 15 is 0 Å². The van der Waals surface area contributed by atoms with Crippen molar-refractivity contribution in [3.05, 3.63) is 124 Å². The number of pyridine rings is 3. The summed E-state index contributed by atoms with van der Waals surface area (Å²) in [6, 6.07) is 10.1. The van der Waals surface area contributed by atoms with Crippen molar-refractivity contribution in [3.63, 3.8) is 0 Å². The summed E-state index contributed by atoms with van der Waals surface area (Å²) in [4.78, 5) is 16.5. The zero-order valence-electron chi connectivity index (χ0n) is 23.3. The molecule has 12 heteroatoms. The van der Waals surface area contributed by atoms with Gasteiger partial charge in [0.15, 0.2) is 11.3 Å². The minimum Gasteiger partial charge on any atom is -0.481 e. The molecule has 0 aliphatic heterocycles. The fourth-order valence-corrected chi connectivity index (χ4v) is 5.16. The number of nitrogens with zero attached hydrogens (tertiary/aromatic N) is 5. The molecule has 0 saturated carbocycles. The van der Waals surface area contributed by atoms with E-state index in [1.54, 1.807) is 41.9 Å². The fourth-order valence-electron chi connectivity index (χ4n) is 4.86. The average molecular weight is 612 g/mol. The van der Waals surface area contributed by atoms with Gasteiger partial charge in [0.25, 0.3) is 0 Å². The maximum absolute atomic E-state index is 14.6. The fraction of sp³-hybridized carbons (Fsp3) is 0.226. The van der Waals surface area contributed by atoms with Crippen molar-refractivity contribution in [3.8, 4) is 5.88 Å². The van der Waals surface area contributed by atoms with Gasteiger partial charge >= 0.3 is 6.18 Å². The first-order valence-electron chi connectivity index (χ1n) is 13.0. The number of hydrogen-bond donors (Lipinski definition) is 1. The van der Waals surface area contributed by atoms with E-state index in [1.807, 2.05) is 0 Å². The van der Waals surface area contributed by atoms with Gasteiger partial charge in [0.2, 0.25) is 5.88 Å². The molecule has 0 aliphatic carbocycles. The number of hydrogen-bond acceptors (Lipinski definition) is 6. The molecule has 0 radical (unpaired) electrons. The maximum atomic E-state index is 14.6. The molecule has 2 unspecified atom stereocenters. The number of ether oxygens (including phenoxy) is 1. The van der Waals surface area contributed by atoms with E-state index in [0.29, 0.717) is 27.6 Å². The Hall–Kier alpha value is -4.35. The Morgan fingerprint density at radius 1 is 1.00 bits per heavy atom. The Morgan fingerprint density at radius 3 is 2.26 bits per heavy atom. The van der Waals surface area contributed by atoms with Crippen LogP contribution < -0.4 is 4.74 Å². The molecule has 1 aromatic carbocycles. The summed E-state index contributed by atoms with van der Waals surface area (Å²) >= 11 is 6.95. The van der Waals surface area contributed by atoms with Gasteiger partial charge in [0, 0.05) is 42.4 Å². The maximum Gasteiger partial charge on any atom is 0.433 e. The Bertz CT molecular complexity index is 1800. The van der Waals surface area contributed by atoms with E-state index < -0.39 is 23.1 Å². The molecule has 0 aliphatic rings. The Morgan fingerprint density at radius 2 is 1.70 bits per heavy atom. The van der Waals surface area contributed by atoms with Gasteiger partial charge in [-0.1, -0.05) is 36.4 Å². The number of alkyl halides is 4. The van der Waals surface area contributed by atoms with Crippen LogP contribution in [0.1, 0.15) is 46.3 Å². The highest BCUT2D eigenvalue weighted by molar-refractivity contribution is 6.36. The van der Waals surface area contributed by atoms with Gasteiger partial charge in [0.1, 0.15) is 5.69 Å². The standard InChI is InChI=1S/C31H26ClF4N5O2/c1-5-29(2,33)24-10-6-18(14-38-24)12-22-27(32)21-13-19(7-9-23(21)40-28(22)43-4)30(42,26-16-37-17-41(26)3)20-8-11-25(39-15-20)31(34,35)36/h5-11,13-17,42H,1,12H2,2-4H3. The molecule has 0 bridgehead atoms. The van der Waals surface area contributed by atoms with Gasteiger partial charge in [0.05, 0.1) is 41.6 Å². The second-order valence-electron chi connectivity index (χ2n) is 10.2. The Labute approximate surface area is 249 Å². The summed E-state index contributed by atoms with van der Waals surface area (Å²) in [6.07, 6.45) is 2.19. The van der Waals surface area contributed by atoms with Crippen molar-refractivity contribution in [1.29, 1.82) is 0 Å². The van der Waals surface area contributed by atoms with Gasteiger partial charge in [-0.2, -0.15) is 13.2 Å². The monoisotopic (exact) mass is 611 g/mol. The third-order valence-corrected chi connectivity index (χ3v) is 7.77. The van der Waals surface area contributed by atoms with Gasteiger partial charge in [-0.25, -0.2) is 14.4 Å². The van der Waals surface area contributed by atoms with Crippen LogP contribution in [0.4, 0.5) is 17.6 Å². The lowest BCUT2D eigenvalue weighted by Crippen LogP contribution is -2.31. The lowest BCUT2D eigenvalue weighted by atomic mass is 9.83. The van der Waals surface area contributed by atoms with E-state index in [0.717, 1.165) is 12.3 Å². The van der Waals surface area contributed by atoms with Gasteiger partial charge in [-0.3, -0.25) is 9.97 Å². The summed E-state index contributed by atoms with van der Waals surface area (Å²) < 4.78 is 61.4. The predicted octanol–water partition coefficient (Wildman–Crippen LogP) is 6.68. The second kappa shape index (κ2) is 11.1. The molecule has 7 nitrogen and oxygen atoms in total. The molecule has 5 aromatic rings. The van der Waals surface area contributed by atoms with E-state index in [4.69, 9.17) is 16.3 Å². The largest absolute Gasteiger partial charge is 0.481 e. The highest BCUT2D eigenvalue weighted by atomic mass is 35.5. The second-order valence-corrected chi connectivity index (χ2v) is 10.6. The number of halogens is 5. The van der Waals surface area contributed by atoms with E-state index in [1.165, 1.54) is 44.9 Å². The minimum absolute atomic E-state index is 0.0896. The molecule has 2 atom stereocenters. The van der Waals surface area contributed by atoms with E-state index in [2.05, 4.69) is 26.5 Å². The zero-order chi connectivity index (χ0) is 31.2. The molecule has 0 saturated heterocycles. The molecule has 0 amide bonds. The molecule has 0 spiro atoms. The lowest BCUT2D eigenvalue weighted by Gasteiger charge is -2.30. The normalized spacial score (nSPS) is 14.7. The van der Waals surface area contributed by atoms with Gasteiger partial charge < -0.3 is 14.4 Å². The van der Waals surface area contributed by atoms with Crippen molar-refractivity contribution in [2.45, 2.75) is 30.8 Å². The van der Waals surface area contributed by atoms with Crippen molar-refractivity contribution in [2.75, 3.05) is 7.11 Å². The van der Waals surface area contributed by atoms with Crippen molar-refractivity contribution < 1.29 is 27.4 Å². The molecule has 4 heterocycles. The van der Waals surface area contributed by atoms with Crippen LogP contribution in [0.15, 0.2) is 80.0 Å². The lowest BCUT2D eigenvalue weighted by molar-refractivity contribution is -0.141. The van der Waals surface area contributed by atoms with Crippen LogP contribution in [0, 0.1) is 0 Å². The third kappa shape index (κ3) is 5.46. The minimum atomic E-state index is -4.65. The highest BCUT2D eigenvalue weighted by Crippen LogP contribution is 2.41. The molecular weight excluding hydrogens is 586 g/mol. The van der Waals surface area contributed by atoms with Crippen LogP contribution in [-0.4, -0.2) is 36.7 Å². The number of allylic oxidation sites excluding steroid dienone is 1. The number of methoxy groups -OCH3 is 1. The molecular formula is C31H26ClF4N5O2. The number of aryl methyl sites for hydroxylation is 1. The van der Waals surface area contributed by atoms with Crippen LogP contribution in [0.3, 0.4) is 0 Å². The van der Waals surface area contributed by atoms with Crippen LogP contribution in [0.2, 0.25) is 5.02 Å². The van der Waals surface area contributed by atoms with Crippen LogP contribution in [0.5, 0.6) is 5.88 Å². The van der Waals surface area contributed by atoms with Gasteiger partial charge in [-0.15, -0.1) is 0 Å². The molecule has 1 N–H and O–H groups in total. The first-order chi connectivity index (χ1) is 20.3. The van der Waals surface area contributed by atoms with Crippen LogP contribution in [-0.2, 0) is 30.9 Å². The summed E-state index contributed by atoms with van der Waals surface area (Å²) in [5.41, 5.74) is -2.26. The highest BCUT2D eigenvalue weighted by Gasteiger charge is 2.39. The number of imidazole rings is 1. The number of benzene rings is 1. The van der Waals surface area contributed by atoms with Crippen molar-refractivity contribution in [2.24, 2.45) is 7.05 Å².